The van der Waals surface area contributed by atoms with Crippen molar-refractivity contribution in [2.75, 3.05) is 19.0 Å². The highest BCUT2D eigenvalue weighted by Crippen LogP contribution is 2.41. The molecule has 3 aromatic carbocycles. The van der Waals surface area contributed by atoms with E-state index >= 15 is 0 Å². The summed E-state index contributed by atoms with van der Waals surface area (Å²) < 4.78 is 13.2. The number of amides is 1. The minimum absolute atomic E-state index is 0.173. The predicted molar refractivity (Wildman–Crippen MR) is 159 cm³/mol. The Kier molecular flexibility index (Phi) is 6.83. The van der Waals surface area contributed by atoms with E-state index in [1.54, 1.807) is 14.0 Å². The summed E-state index contributed by atoms with van der Waals surface area (Å²) in [6.07, 6.45) is 1.24. The number of nitrogens with zero attached hydrogens (tertiary/aromatic N) is 2. The molecule has 41 heavy (non-hydrogen) atoms. The molecule has 1 aromatic heterocycles. The molecule has 3 heterocycles. The first-order chi connectivity index (χ1) is 19.9. The van der Waals surface area contributed by atoms with Gasteiger partial charge in [0.15, 0.2) is 4.80 Å². The van der Waals surface area contributed by atoms with Gasteiger partial charge in [-0.3, -0.25) is 14.2 Å². The normalized spacial score (nSPS) is 17.2. The van der Waals surface area contributed by atoms with E-state index in [1.807, 2.05) is 68.4 Å². The minimum atomic E-state index is -0.872. The number of fused-ring (bicyclic) bond motifs is 3. The third-order valence-electron chi connectivity index (χ3n) is 7.44. The van der Waals surface area contributed by atoms with Crippen LogP contribution in [0.4, 0.5) is 5.69 Å². The zero-order valence-electron chi connectivity index (χ0n) is 23.2. The van der Waals surface area contributed by atoms with Crippen LogP contribution in [0.2, 0.25) is 0 Å². The predicted octanol–water partition coefficient (Wildman–Crippen LogP) is 4.37. The molecular weight excluding hydrogens is 538 g/mol. The summed E-state index contributed by atoms with van der Waals surface area (Å²) in [5.41, 5.74) is 3.77. The number of allylic oxidation sites excluding steroid dienone is 1. The fourth-order valence-corrected chi connectivity index (χ4v) is 6.80. The van der Waals surface area contributed by atoms with Crippen molar-refractivity contribution in [2.45, 2.75) is 39.7 Å². The SMILES string of the molecule is CCCC1=C(C(=O)OCC)[C@H](c2c(OC)ccc3ccccc23)n2c(s/c(=C3\C(=O)Nc4ccc(C)cc43)c2=O)=N1. The third kappa shape index (κ3) is 4.28. The first kappa shape index (κ1) is 26.7. The summed E-state index contributed by atoms with van der Waals surface area (Å²) in [7, 11) is 1.57. The van der Waals surface area contributed by atoms with E-state index in [9.17, 15) is 14.4 Å². The second kappa shape index (κ2) is 10.5. The molecule has 6 rings (SSSR count). The van der Waals surface area contributed by atoms with Crippen molar-refractivity contribution in [1.29, 1.82) is 0 Å². The third-order valence-corrected chi connectivity index (χ3v) is 8.49. The Morgan fingerprint density at radius 1 is 1.10 bits per heavy atom. The maximum atomic E-state index is 14.4. The molecule has 1 N–H and O–H groups in total. The molecule has 208 valence electrons. The number of ether oxygens (including phenoxy) is 2. The van der Waals surface area contributed by atoms with Crippen molar-refractivity contribution < 1.29 is 19.1 Å². The lowest BCUT2D eigenvalue weighted by Gasteiger charge is -2.28. The van der Waals surface area contributed by atoms with Crippen molar-refractivity contribution in [1.82, 2.24) is 4.57 Å². The van der Waals surface area contributed by atoms with Gasteiger partial charge in [0.05, 0.1) is 30.6 Å². The minimum Gasteiger partial charge on any atom is -0.496 e. The van der Waals surface area contributed by atoms with Gasteiger partial charge in [0.1, 0.15) is 16.3 Å². The van der Waals surface area contributed by atoms with E-state index in [4.69, 9.17) is 14.5 Å². The molecule has 4 aromatic rings. The van der Waals surface area contributed by atoms with E-state index < -0.39 is 17.6 Å². The number of methoxy groups -OCH3 is 1. The summed E-state index contributed by atoms with van der Waals surface area (Å²) in [6, 6.07) is 16.4. The van der Waals surface area contributed by atoms with E-state index in [-0.39, 0.29) is 17.0 Å². The Hall–Kier alpha value is -4.50. The summed E-state index contributed by atoms with van der Waals surface area (Å²) in [6.45, 7) is 5.88. The number of hydrogen-bond donors (Lipinski definition) is 1. The molecule has 2 aliphatic rings. The smallest absolute Gasteiger partial charge is 0.338 e. The van der Waals surface area contributed by atoms with E-state index in [0.717, 1.165) is 22.8 Å². The number of rotatable bonds is 6. The maximum Gasteiger partial charge on any atom is 0.338 e. The van der Waals surface area contributed by atoms with Crippen molar-refractivity contribution in [3.63, 3.8) is 0 Å². The number of carbonyl (C=O) groups is 2. The average Bonchev–Trinajstić information content (AvgIpc) is 3.46. The largest absolute Gasteiger partial charge is 0.496 e. The van der Waals surface area contributed by atoms with Gasteiger partial charge in [0.2, 0.25) is 0 Å². The zero-order valence-corrected chi connectivity index (χ0v) is 24.1. The lowest BCUT2D eigenvalue weighted by Crippen LogP contribution is -2.41. The van der Waals surface area contributed by atoms with Gasteiger partial charge in [-0.1, -0.05) is 66.6 Å². The lowest BCUT2D eigenvalue weighted by molar-refractivity contribution is -0.139. The Morgan fingerprint density at radius 2 is 1.90 bits per heavy atom. The highest BCUT2D eigenvalue weighted by Gasteiger charge is 2.38. The monoisotopic (exact) mass is 567 g/mol. The molecule has 8 nitrogen and oxygen atoms in total. The molecule has 0 bridgehead atoms. The number of nitrogens with one attached hydrogen (secondary N) is 1. The van der Waals surface area contributed by atoms with Gasteiger partial charge < -0.3 is 14.8 Å². The molecule has 9 heteroatoms. The quantitative estimate of drug-likeness (QED) is 0.349. The van der Waals surface area contributed by atoms with Crippen molar-refractivity contribution in [3.05, 3.63) is 102 Å². The van der Waals surface area contributed by atoms with Crippen LogP contribution in [-0.4, -0.2) is 30.2 Å². The Labute approximate surface area is 240 Å². The first-order valence-corrected chi connectivity index (χ1v) is 14.4. The van der Waals surface area contributed by atoms with Crippen molar-refractivity contribution in [3.8, 4) is 5.75 Å². The Bertz CT molecular complexity index is 1970. The maximum absolute atomic E-state index is 14.4. The topological polar surface area (TPSA) is 99.0 Å². The number of thiazole rings is 1. The summed E-state index contributed by atoms with van der Waals surface area (Å²) >= 11 is 1.17. The molecule has 2 aliphatic heterocycles. The van der Waals surface area contributed by atoms with Gasteiger partial charge in [0.25, 0.3) is 11.5 Å². The zero-order chi connectivity index (χ0) is 28.8. The van der Waals surface area contributed by atoms with Crippen LogP contribution in [0.15, 0.2) is 75.7 Å². The van der Waals surface area contributed by atoms with Gasteiger partial charge in [-0.25, -0.2) is 9.79 Å². The van der Waals surface area contributed by atoms with Crippen LogP contribution >= 0.6 is 11.3 Å². The molecule has 0 saturated heterocycles. The molecule has 0 aliphatic carbocycles. The standard InChI is InChI=1S/C32H29N3O5S/c1-5-9-22-26(31(38)40-6-2)27(24-19-11-8-7-10-18(19)13-15-23(24)39-4)35-30(37)28(41-32(35)34-22)25-20-16-17(3)12-14-21(20)33-29(25)36/h7-8,10-16,27H,5-6,9H2,1-4H3,(H,33,36)/b28-25-/t27-/m0/s1. The van der Waals surface area contributed by atoms with Crippen LogP contribution in [0.1, 0.15) is 49.4 Å². The van der Waals surface area contributed by atoms with Crippen molar-refractivity contribution in [2.24, 2.45) is 4.99 Å². The number of hydrogen-bond acceptors (Lipinski definition) is 7. The van der Waals surface area contributed by atoms with E-state index in [1.165, 1.54) is 15.9 Å². The average molecular weight is 568 g/mol. The van der Waals surface area contributed by atoms with Crippen LogP contribution in [0, 0.1) is 6.92 Å². The number of esters is 1. The van der Waals surface area contributed by atoms with Crippen LogP contribution < -0.4 is 24.9 Å². The van der Waals surface area contributed by atoms with Crippen molar-refractivity contribution >= 4 is 45.2 Å². The van der Waals surface area contributed by atoms with E-state index in [0.29, 0.717) is 50.6 Å². The fourth-order valence-electron chi connectivity index (χ4n) is 5.69. The molecule has 1 amide bonds. The highest BCUT2D eigenvalue weighted by atomic mass is 32.1. The van der Waals surface area contributed by atoms with Crippen LogP contribution in [-0.2, 0) is 14.3 Å². The Balaban J connectivity index is 1.76. The molecule has 0 unspecified atom stereocenters. The first-order valence-electron chi connectivity index (χ1n) is 13.6. The number of anilines is 1. The van der Waals surface area contributed by atoms with Gasteiger partial charge in [0, 0.05) is 16.8 Å². The molecular formula is C32H29N3O5S. The highest BCUT2D eigenvalue weighted by molar-refractivity contribution is 7.07. The van der Waals surface area contributed by atoms with Gasteiger partial charge in [-0.05, 0) is 49.2 Å². The van der Waals surface area contributed by atoms with Gasteiger partial charge in [-0.15, -0.1) is 0 Å². The van der Waals surface area contributed by atoms with E-state index in [2.05, 4.69) is 5.32 Å². The Morgan fingerprint density at radius 3 is 2.66 bits per heavy atom. The van der Waals surface area contributed by atoms with Crippen LogP contribution in [0.25, 0.3) is 16.3 Å². The fraction of sp³-hybridized carbons (Fsp3) is 0.250. The van der Waals surface area contributed by atoms with Crippen LogP contribution in [0.5, 0.6) is 5.75 Å². The van der Waals surface area contributed by atoms with Crippen LogP contribution in [0.3, 0.4) is 0 Å². The summed E-state index contributed by atoms with van der Waals surface area (Å²) in [5.74, 6) is -0.336. The van der Waals surface area contributed by atoms with Gasteiger partial charge >= 0.3 is 5.97 Å². The number of carbonyl (C=O) groups excluding carboxylic acids is 2. The molecule has 0 saturated carbocycles. The molecule has 1 atom stereocenters. The summed E-state index contributed by atoms with van der Waals surface area (Å²) in [5, 5.41) is 4.66. The second-order valence-corrected chi connectivity index (χ2v) is 11.0. The lowest BCUT2D eigenvalue weighted by atomic mass is 9.89. The molecule has 0 fully saturated rings. The summed E-state index contributed by atoms with van der Waals surface area (Å²) in [4.78, 5) is 46.6. The number of benzene rings is 3. The second-order valence-electron chi connectivity index (χ2n) is 10.0. The number of aromatic nitrogens is 1. The molecule has 0 radical (unpaired) electrons. The van der Waals surface area contributed by atoms with Gasteiger partial charge in [-0.2, -0.15) is 0 Å². The molecule has 0 spiro atoms. The number of aryl methyl sites for hydroxylation is 1.